The van der Waals surface area contributed by atoms with Gasteiger partial charge >= 0.3 is 0 Å². The van der Waals surface area contributed by atoms with Crippen molar-refractivity contribution >= 4 is 17.7 Å². The fraction of sp³-hybridized carbons (Fsp3) is 0.889. The smallest absolute Gasteiger partial charge is 0.235 e. The summed E-state index contributed by atoms with van der Waals surface area (Å²) >= 11 is 1.81. The lowest BCUT2D eigenvalue weighted by Gasteiger charge is -2.41. The molecule has 0 spiro atoms. The highest BCUT2D eigenvalue weighted by atomic mass is 32.2. The molecule has 0 saturated carbocycles. The number of carbonyl (C=O) groups is 1. The molecule has 13 heavy (non-hydrogen) atoms. The van der Waals surface area contributed by atoms with E-state index < -0.39 is 0 Å². The zero-order chi connectivity index (χ0) is 9.26. The predicted octanol–water partition coefficient (Wildman–Crippen LogP) is 0.442. The molecule has 2 rings (SSSR count). The van der Waals surface area contributed by atoms with Crippen molar-refractivity contribution in [3.05, 3.63) is 0 Å². The summed E-state index contributed by atoms with van der Waals surface area (Å²) in [5.41, 5.74) is 5.56. The van der Waals surface area contributed by atoms with Crippen molar-refractivity contribution in [1.82, 2.24) is 4.90 Å². The van der Waals surface area contributed by atoms with Crippen molar-refractivity contribution in [3.8, 4) is 0 Å². The Kier molecular flexibility index (Phi) is 2.79. The number of thioether (sulfide) groups is 1. The van der Waals surface area contributed by atoms with E-state index in [9.17, 15) is 4.79 Å². The van der Waals surface area contributed by atoms with Gasteiger partial charge in [0.05, 0.1) is 5.25 Å². The largest absolute Gasteiger partial charge is 0.337 e. The van der Waals surface area contributed by atoms with Gasteiger partial charge in [-0.25, -0.2) is 0 Å². The van der Waals surface area contributed by atoms with E-state index in [1.807, 2.05) is 16.7 Å². The maximum absolute atomic E-state index is 11.8. The first kappa shape index (κ1) is 9.34. The summed E-state index contributed by atoms with van der Waals surface area (Å²) in [6, 6.07) is 0.341. The Balaban J connectivity index is 1.89. The van der Waals surface area contributed by atoms with E-state index in [1.54, 1.807) is 0 Å². The molecule has 2 saturated heterocycles. The maximum Gasteiger partial charge on any atom is 0.235 e. The van der Waals surface area contributed by atoms with Gasteiger partial charge in [0, 0.05) is 19.1 Å². The van der Waals surface area contributed by atoms with E-state index >= 15 is 0 Å². The van der Waals surface area contributed by atoms with Crippen LogP contribution in [0.15, 0.2) is 0 Å². The number of likely N-dealkylation sites (tertiary alicyclic amines) is 1. The van der Waals surface area contributed by atoms with Crippen LogP contribution in [0, 0.1) is 0 Å². The molecule has 0 aromatic rings. The lowest BCUT2D eigenvalue weighted by atomic mass is 10.0. The molecule has 0 aromatic heterocycles. The van der Waals surface area contributed by atoms with Crippen LogP contribution in [0.3, 0.4) is 0 Å². The van der Waals surface area contributed by atoms with Gasteiger partial charge in [0.2, 0.25) is 5.91 Å². The molecule has 74 valence electrons. The molecule has 2 atom stereocenters. The number of nitrogens with zero attached hydrogens (tertiary/aromatic N) is 1. The van der Waals surface area contributed by atoms with Crippen LogP contribution in [0.2, 0.25) is 0 Å². The van der Waals surface area contributed by atoms with Crippen molar-refractivity contribution in [2.24, 2.45) is 5.73 Å². The van der Waals surface area contributed by atoms with Crippen LogP contribution in [0.5, 0.6) is 0 Å². The van der Waals surface area contributed by atoms with Gasteiger partial charge in [-0.2, -0.15) is 0 Å². The number of amides is 1. The molecule has 2 aliphatic heterocycles. The van der Waals surface area contributed by atoms with Crippen LogP contribution in [-0.4, -0.2) is 40.9 Å². The molecule has 3 nitrogen and oxygen atoms in total. The normalized spacial score (nSPS) is 33.2. The van der Waals surface area contributed by atoms with Crippen molar-refractivity contribution in [2.45, 2.75) is 30.6 Å². The Morgan fingerprint density at radius 1 is 1.54 bits per heavy atom. The molecule has 0 aromatic carbocycles. The maximum atomic E-state index is 11.8. The molecule has 2 unspecified atom stereocenters. The first-order valence-electron chi connectivity index (χ1n) is 4.95. The van der Waals surface area contributed by atoms with Crippen LogP contribution >= 0.6 is 11.8 Å². The highest BCUT2D eigenvalue weighted by Crippen LogP contribution is 2.30. The van der Waals surface area contributed by atoms with E-state index in [4.69, 9.17) is 5.73 Å². The highest BCUT2D eigenvalue weighted by molar-refractivity contribution is 8.00. The lowest BCUT2D eigenvalue weighted by Crippen LogP contribution is -2.56. The third-order valence-electron chi connectivity index (χ3n) is 2.90. The fourth-order valence-electron chi connectivity index (χ4n) is 1.93. The van der Waals surface area contributed by atoms with Gasteiger partial charge in [-0.05, 0) is 25.0 Å². The van der Waals surface area contributed by atoms with Gasteiger partial charge in [-0.3, -0.25) is 4.79 Å². The first-order chi connectivity index (χ1) is 6.33. The van der Waals surface area contributed by atoms with Crippen molar-refractivity contribution in [3.63, 3.8) is 0 Å². The minimum Gasteiger partial charge on any atom is -0.337 e. The Morgan fingerprint density at radius 2 is 2.38 bits per heavy atom. The summed E-state index contributed by atoms with van der Waals surface area (Å²) in [6.45, 7) is 1.56. The van der Waals surface area contributed by atoms with Crippen molar-refractivity contribution in [1.29, 1.82) is 0 Å². The molecule has 0 bridgehead atoms. The molecule has 2 aliphatic rings. The second-order valence-corrected chi connectivity index (χ2v) is 5.02. The number of nitrogens with two attached hydrogens (primary N) is 1. The minimum atomic E-state index is 0.245. The Labute approximate surface area is 83.0 Å². The topological polar surface area (TPSA) is 46.3 Å². The summed E-state index contributed by atoms with van der Waals surface area (Å²) < 4.78 is 0. The molecular formula is C9H16N2OS. The van der Waals surface area contributed by atoms with Gasteiger partial charge in [-0.1, -0.05) is 0 Å². The van der Waals surface area contributed by atoms with Crippen LogP contribution in [0.1, 0.15) is 19.3 Å². The predicted molar refractivity (Wildman–Crippen MR) is 54.7 cm³/mol. The fourth-order valence-corrected chi connectivity index (χ4v) is 3.16. The Bertz CT molecular complexity index is 202. The zero-order valence-corrected chi connectivity index (χ0v) is 8.55. The monoisotopic (exact) mass is 200 g/mol. The molecule has 0 radical (unpaired) electrons. The summed E-state index contributed by atoms with van der Waals surface area (Å²) in [6.07, 6.45) is 3.36. The van der Waals surface area contributed by atoms with Crippen molar-refractivity contribution < 1.29 is 4.79 Å². The van der Waals surface area contributed by atoms with Gasteiger partial charge in [0.1, 0.15) is 0 Å². The summed E-state index contributed by atoms with van der Waals surface area (Å²) in [7, 11) is 0. The number of rotatable bonds is 2. The Morgan fingerprint density at radius 3 is 2.85 bits per heavy atom. The average Bonchev–Trinajstić information content (AvgIpc) is 2.54. The van der Waals surface area contributed by atoms with Gasteiger partial charge < -0.3 is 10.6 Å². The van der Waals surface area contributed by atoms with Crippen LogP contribution in [0.25, 0.3) is 0 Å². The molecule has 2 heterocycles. The molecule has 1 amide bonds. The Hall–Kier alpha value is -0.220. The SMILES string of the molecule is NCC1CCN1C(=O)C1CCCS1. The summed E-state index contributed by atoms with van der Waals surface area (Å²) in [5, 5.41) is 0.245. The number of hydrogen-bond donors (Lipinski definition) is 1. The molecule has 4 heteroatoms. The molecule has 2 fully saturated rings. The highest BCUT2D eigenvalue weighted by Gasteiger charge is 2.36. The number of hydrogen-bond acceptors (Lipinski definition) is 3. The number of carbonyl (C=O) groups excluding carboxylic acids is 1. The standard InChI is InChI=1S/C9H16N2OS/c10-6-7-3-4-11(7)9(12)8-2-1-5-13-8/h7-8H,1-6,10H2. The average molecular weight is 200 g/mol. The minimum absolute atomic E-state index is 0.245. The quantitative estimate of drug-likeness (QED) is 0.703. The van der Waals surface area contributed by atoms with E-state index in [0.29, 0.717) is 18.5 Å². The second kappa shape index (κ2) is 3.88. The van der Waals surface area contributed by atoms with Crippen LogP contribution in [-0.2, 0) is 4.79 Å². The van der Waals surface area contributed by atoms with E-state index in [-0.39, 0.29) is 5.25 Å². The van der Waals surface area contributed by atoms with Gasteiger partial charge in [0.15, 0.2) is 0 Å². The lowest BCUT2D eigenvalue weighted by molar-refractivity contribution is -0.137. The van der Waals surface area contributed by atoms with Crippen molar-refractivity contribution in [2.75, 3.05) is 18.8 Å². The summed E-state index contributed by atoms with van der Waals surface area (Å²) in [4.78, 5) is 13.8. The van der Waals surface area contributed by atoms with E-state index in [2.05, 4.69) is 0 Å². The van der Waals surface area contributed by atoms with E-state index in [1.165, 1.54) is 6.42 Å². The second-order valence-electron chi connectivity index (χ2n) is 3.71. The van der Waals surface area contributed by atoms with E-state index in [0.717, 1.165) is 25.1 Å². The van der Waals surface area contributed by atoms with Crippen LogP contribution in [0.4, 0.5) is 0 Å². The zero-order valence-electron chi connectivity index (χ0n) is 7.74. The molecular weight excluding hydrogens is 184 g/mol. The third kappa shape index (κ3) is 1.70. The summed E-state index contributed by atoms with van der Waals surface area (Å²) in [5.74, 6) is 1.49. The first-order valence-corrected chi connectivity index (χ1v) is 6.00. The third-order valence-corrected chi connectivity index (χ3v) is 4.27. The van der Waals surface area contributed by atoms with Crippen LogP contribution < -0.4 is 5.73 Å². The van der Waals surface area contributed by atoms with Gasteiger partial charge in [0.25, 0.3) is 0 Å². The molecule has 0 aliphatic carbocycles. The molecule has 2 N–H and O–H groups in total. The van der Waals surface area contributed by atoms with Gasteiger partial charge in [-0.15, -0.1) is 11.8 Å².